The van der Waals surface area contributed by atoms with Crippen LogP contribution < -0.4 is 21.7 Å². The molecule has 0 bridgehead atoms. The molecular formula is C31H39N5O7S. The third-order valence-corrected chi connectivity index (χ3v) is 8.98. The summed E-state index contributed by atoms with van der Waals surface area (Å²) in [5.74, 6) is -2.80. The molecule has 2 aliphatic rings. The van der Waals surface area contributed by atoms with Gasteiger partial charge in [0.05, 0.1) is 11.4 Å². The summed E-state index contributed by atoms with van der Waals surface area (Å²) < 4.78 is 0. The fourth-order valence-corrected chi connectivity index (χ4v) is 6.85. The molecule has 6 atom stereocenters. The van der Waals surface area contributed by atoms with Crippen LogP contribution in [0.1, 0.15) is 37.8 Å². The number of carboxylic acid groups (broad SMARTS) is 1. The fourth-order valence-electron chi connectivity index (χ4n) is 5.40. The van der Waals surface area contributed by atoms with Crippen molar-refractivity contribution in [2.24, 2.45) is 11.7 Å². The number of phenolic OH excluding ortho intramolecular Hbond substituents is 1. The van der Waals surface area contributed by atoms with Gasteiger partial charge in [-0.25, -0.2) is 4.79 Å². The summed E-state index contributed by atoms with van der Waals surface area (Å²) in [6, 6.07) is 10.5. The Bertz CT molecular complexity index is 1360. The number of fused-ring (bicyclic) bond motifs is 1. The highest BCUT2D eigenvalue weighted by molar-refractivity contribution is 8.00. The van der Waals surface area contributed by atoms with E-state index in [4.69, 9.17) is 5.73 Å². The first kappa shape index (κ1) is 32.8. The van der Waals surface area contributed by atoms with Crippen LogP contribution in [0.2, 0.25) is 0 Å². The molecular weight excluding hydrogens is 586 g/mol. The van der Waals surface area contributed by atoms with Crippen LogP contribution in [0.5, 0.6) is 5.75 Å². The van der Waals surface area contributed by atoms with Gasteiger partial charge in [-0.15, -0.1) is 11.8 Å². The number of benzene rings is 2. The SMILES string of the molecule is CC(C)C[C@H](NC(=O)[C@H](Cc1ccccc1)NC(=O)[C@@H]1CS[C@@H]2C[C@@H](NC(=O)[C@@H](N)Cc3ccc(O)cc3)C(=O)N21)C(=O)O. The topological polar surface area (TPSA) is 191 Å². The van der Waals surface area contributed by atoms with Gasteiger partial charge in [0.1, 0.15) is 29.9 Å². The molecule has 13 heteroatoms. The van der Waals surface area contributed by atoms with Crippen molar-refractivity contribution in [2.75, 3.05) is 5.75 Å². The number of rotatable bonds is 13. The van der Waals surface area contributed by atoms with Crippen LogP contribution in [-0.4, -0.2) is 86.0 Å². The molecule has 2 heterocycles. The molecule has 2 aliphatic heterocycles. The molecule has 12 nitrogen and oxygen atoms in total. The maximum atomic E-state index is 13.6. The summed E-state index contributed by atoms with van der Waals surface area (Å²) in [5, 5.41) is 26.8. The Morgan fingerprint density at radius 3 is 2.25 bits per heavy atom. The number of carbonyl (C=O) groups is 5. The molecule has 2 aromatic carbocycles. The van der Waals surface area contributed by atoms with Gasteiger partial charge >= 0.3 is 5.97 Å². The van der Waals surface area contributed by atoms with Gasteiger partial charge in [0, 0.05) is 18.6 Å². The highest BCUT2D eigenvalue weighted by Gasteiger charge is 2.50. The molecule has 0 saturated carbocycles. The van der Waals surface area contributed by atoms with Crippen molar-refractivity contribution in [3.05, 3.63) is 65.7 Å². The largest absolute Gasteiger partial charge is 0.508 e. The number of nitrogens with two attached hydrogens (primary N) is 1. The van der Waals surface area contributed by atoms with Gasteiger partial charge in [0.15, 0.2) is 0 Å². The number of nitrogens with zero attached hydrogens (tertiary/aromatic N) is 1. The van der Waals surface area contributed by atoms with Crippen molar-refractivity contribution < 1.29 is 34.2 Å². The van der Waals surface area contributed by atoms with E-state index in [1.54, 1.807) is 36.4 Å². The highest BCUT2D eigenvalue weighted by Crippen LogP contribution is 2.38. The number of phenols is 1. The third kappa shape index (κ3) is 8.29. The summed E-state index contributed by atoms with van der Waals surface area (Å²) in [6.07, 6.45) is 0.863. The number of hydrogen-bond acceptors (Lipinski definition) is 8. The second-order valence-corrected chi connectivity index (χ2v) is 12.8. The second-order valence-electron chi connectivity index (χ2n) is 11.6. The van der Waals surface area contributed by atoms with Crippen molar-refractivity contribution in [2.45, 2.75) is 75.1 Å². The first-order chi connectivity index (χ1) is 20.9. The third-order valence-electron chi connectivity index (χ3n) is 7.67. The van der Waals surface area contributed by atoms with E-state index in [1.165, 1.54) is 28.8 Å². The molecule has 0 spiro atoms. The molecule has 0 radical (unpaired) electrons. The molecule has 0 unspecified atom stereocenters. The summed E-state index contributed by atoms with van der Waals surface area (Å²) in [6.45, 7) is 3.71. The quantitative estimate of drug-likeness (QED) is 0.187. The Morgan fingerprint density at radius 2 is 1.61 bits per heavy atom. The van der Waals surface area contributed by atoms with Gasteiger partial charge in [0.25, 0.3) is 0 Å². The summed E-state index contributed by atoms with van der Waals surface area (Å²) >= 11 is 1.42. The van der Waals surface area contributed by atoms with Crippen LogP contribution in [0.15, 0.2) is 54.6 Å². The average Bonchev–Trinajstić information content (AvgIpc) is 3.53. The molecule has 44 heavy (non-hydrogen) atoms. The molecule has 2 aromatic rings. The highest BCUT2D eigenvalue weighted by atomic mass is 32.2. The van der Waals surface area contributed by atoms with E-state index in [-0.39, 0.29) is 36.3 Å². The molecule has 4 rings (SSSR count). The molecule has 2 fully saturated rings. The zero-order valence-electron chi connectivity index (χ0n) is 24.6. The van der Waals surface area contributed by atoms with Crippen LogP contribution in [0, 0.1) is 5.92 Å². The monoisotopic (exact) mass is 625 g/mol. The smallest absolute Gasteiger partial charge is 0.326 e. The second kappa shape index (κ2) is 14.6. The standard InChI is InChI=1S/C31H39N5O7S/c1-17(2)12-24(31(42)43)35-28(39)22(14-18-6-4-3-5-7-18)33-29(40)25-16-44-26-15-23(30(41)36(25)26)34-27(38)21(32)13-19-8-10-20(37)11-9-19/h3-11,17,21-26,37H,12-16,32H2,1-2H3,(H,33,40)(H,34,38)(H,35,39)(H,42,43)/t21-,22-,23+,24-,25-,26+/m0/s1. The number of carbonyl (C=O) groups excluding carboxylic acids is 4. The van der Waals surface area contributed by atoms with Crippen LogP contribution in [0.25, 0.3) is 0 Å². The van der Waals surface area contributed by atoms with E-state index in [0.717, 1.165) is 11.1 Å². The molecule has 0 aromatic heterocycles. The first-order valence-corrected chi connectivity index (χ1v) is 15.6. The van der Waals surface area contributed by atoms with Crippen LogP contribution in [0.4, 0.5) is 0 Å². The minimum Gasteiger partial charge on any atom is -0.508 e. The van der Waals surface area contributed by atoms with Crippen molar-refractivity contribution in [1.29, 1.82) is 0 Å². The first-order valence-electron chi connectivity index (χ1n) is 14.6. The van der Waals surface area contributed by atoms with E-state index in [2.05, 4.69) is 16.0 Å². The van der Waals surface area contributed by atoms with Crippen LogP contribution >= 0.6 is 11.8 Å². The zero-order chi connectivity index (χ0) is 32.0. The van der Waals surface area contributed by atoms with Crippen molar-refractivity contribution in [3.8, 4) is 5.75 Å². The predicted octanol–water partition coefficient (Wildman–Crippen LogP) is 0.764. The predicted molar refractivity (Wildman–Crippen MR) is 164 cm³/mol. The molecule has 4 amide bonds. The number of carboxylic acids is 1. The lowest BCUT2D eigenvalue weighted by Gasteiger charge is -2.27. The maximum absolute atomic E-state index is 13.6. The Morgan fingerprint density at radius 1 is 0.955 bits per heavy atom. The summed E-state index contributed by atoms with van der Waals surface area (Å²) in [7, 11) is 0. The minimum absolute atomic E-state index is 0.0167. The molecule has 2 saturated heterocycles. The Hall–Kier alpha value is -4.10. The van der Waals surface area contributed by atoms with Gasteiger partial charge in [-0.2, -0.15) is 0 Å². The van der Waals surface area contributed by atoms with E-state index in [1.807, 2.05) is 19.9 Å². The number of aromatic hydroxyl groups is 1. The number of amides is 4. The van der Waals surface area contributed by atoms with Gasteiger partial charge in [-0.05, 0) is 42.0 Å². The van der Waals surface area contributed by atoms with Crippen molar-refractivity contribution in [1.82, 2.24) is 20.9 Å². The molecule has 236 valence electrons. The van der Waals surface area contributed by atoms with Crippen LogP contribution in [-0.2, 0) is 36.8 Å². The number of nitrogens with one attached hydrogen (secondary N) is 3. The van der Waals surface area contributed by atoms with Gasteiger partial charge in [-0.3, -0.25) is 19.2 Å². The summed E-state index contributed by atoms with van der Waals surface area (Å²) in [4.78, 5) is 66.4. The Labute approximate surface area is 260 Å². The van der Waals surface area contributed by atoms with Gasteiger partial charge in [0.2, 0.25) is 23.6 Å². The van der Waals surface area contributed by atoms with Gasteiger partial charge in [-0.1, -0.05) is 56.3 Å². The van der Waals surface area contributed by atoms with E-state index >= 15 is 0 Å². The lowest BCUT2D eigenvalue weighted by Crippen LogP contribution is -2.57. The van der Waals surface area contributed by atoms with E-state index in [0.29, 0.717) is 12.2 Å². The lowest BCUT2D eigenvalue weighted by molar-refractivity contribution is -0.143. The maximum Gasteiger partial charge on any atom is 0.326 e. The lowest BCUT2D eigenvalue weighted by atomic mass is 10.0. The Balaban J connectivity index is 1.41. The Kier molecular flexibility index (Phi) is 10.9. The number of hydrogen-bond donors (Lipinski definition) is 6. The van der Waals surface area contributed by atoms with Gasteiger partial charge < -0.3 is 36.8 Å². The molecule has 7 N–H and O–H groups in total. The average molecular weight is 626 g/mol. The fraction of sp³-hybridized carbons (Fsp3) is 0.452. The summed E-state index contributed by atoms with van der Waals surface area (Å²) in [5.41, 5.74) is 7.61. The van der Waals surface area contributed by atoms with Crippen LogP contribution in [0.3, 0.4) is 0 Å². The van der Waals surface area contributed by atoms with E-state index in [9.17, 15) is 34.2 Å². The minimum atomic E-state index is -1.16. The van der Waals surface area contributed by atoms with E-state index < -0.39 is 59.8 Å². The normalized spacial score (nSPS) is 21.3. The number of thioether (sulfide) groups is 1. The number of aliphatic carboxylic acids is 1. The molecule has 0 aliphatic carbocycles. The van der Waals surface area contributed by atoms with Crippen molar-refractivity contribution >= 4 is 41.4 Å². The zero-order valence-corrected chi connectivity index (χ0v) is 25.5. The van der Waals surface area contributed by atoms with Crippen molar-refractivity contribution in [3.63, 3.8) is 0 Å².